The van der Waals surface area contributed by atoms with Gasteiger partial charge in [-0.3, -0.25) is 28.7 Å². The number of nitrogens with one attached hydrogen (secondary N) is 1. The van der Waals surface area contributed by atoms with E-state index in [0.717, 1.165) is 63.5 Å². The molecule has 2 fully saturated rings. The summed E-state index contributed by atoms with van der Waals surface area (Å²) in [4.78, 5) is 109. The molecule has 1 atom stereocenters. The van der Waals surface area contributed by atoms with Gasteiger partial charge < -0.3 is 29.6 Å². The monoisotopic (exact) mass is 1060 g/mol. The number of hydroxylamine groups is 2. The number of ketones is 1. The number of pyridine rings is 3. The first kappa shape index (κ1) is 53.8. The van der Waals surface area contributed by atoms with Gasteiger partial charge in [-0.25, -0.2) is 29.7 Å². The summed E-state index contributed by atoms with van der Waals surface area (Å²) >= 11 is 0. The summed E-state index contributed by atoms with van der Waals surface area (Å²) in [5, 5.41) is 21.6. The number of nitrogens with zero attached hydrogens (tertiary/aromatic N) is 13. The fraction of sp³-hybridized carbons (Fsp3) is 0.393. The number of carbonyl (C=O) groups is 6. The van der Waals surface area contributed by atoms with Crippen molar-refractivity contribution >= 4 is 47.1 Å². The van der Waals surface area contributed by atoms with Crippen molar-refractivity contribution in [3.05, 3.63) is 114 Å². The average Bonchev–Trinajstić information content (AvgIpc) is 4.33. The number of hydrogen-bond donors (Lipinski definition) is 1. The largest absolute Gasteiger partial charge is 0.439 e. The van der Waals surface area contributed by atoms with E-state index in [9.17, 15) is 34.0 Å². The van der Waals surface area contributed by atoms with Crippen molar-refractivity contribution in [2.75, 3.05) is 36.0 Å². The van der Waals surface area contributed by atoms with Crippen molar-refractivity contribution in [3.63, 3.8) is 0 Å². The van der Waals surface area contributed by atoms with Crippen molar-refractivity contribution in [1.29, 1.82) is 5.26 Å². The number of aromatic nitrogens is 8. The number of rotatable bonds is 22. The van der Waals surface area contributed by atoms with Crippen molar-refractivity contribution in [2.45, 2.75) is 116 Å². The minimum absolute atomic E-state index is 0.00572. The van der Waals surface area contributed by atoms with Crippen LogP contribution in [0.5, 0.6) is 11.6 Å². The Hall–Kier alpha value is -9.00. The van der Waals surface area contributed by atoms with Crippen LogP contribution in [0, 0.1) is 11.3 Å². The molecule has 0 aliphatic carbocycles. The Morgan fingerprint density at radius 1 is 0.821 bits per heavy atom. The Labute approximate surface area is 450 Å². The Balaban J connectivity index is 0.623. The van der Waals surface area contributed by atoms with Gasteiger partial charge in [-0.05, 0) is 70.0 Å². The van der Waals surface area contributed by atoms with Gasteiger partial charge in [-0.1, -0.05) is 61.9 Å². The first-order valence-electron chi connectivity index (χ1n) is 26.3. The van der Waals surface area contributed by atoms with E-state index in [-0.39, 0.29) is 54.5 Å². The first-order chi connectivity index (χ1) is 37.7. The highest BCUT2D eigenvalue weighted by molar-refractivity contribution is 6.13. The highest BCUT2D eigenvalue weighted by Crippen LogP contribution is 2.40. The van der Waals surface area contributed by atoms with Gasteiger partial charge in [0.2, 0.25) is 23.6 Å². The Kier molecular flexibility index (Phi) is 16.8. The lowest BCUT2D eigenvalue weighted by atomic mass is 9.97. The fourth-order valence-corrected chi connectivity index (χ4v) is 9.66. The molecular weight excluding hydrogens is 997 g/mol. The second-order valence-electron chi connectivity index (χ2n) is 20.0. The summed E-state index contributed by atoms with van der Waals surface area (Å²) in [6.07, 6.45) is 16.6. The molecule has 4 amide bonds. The minimum atomic E-state index is -0.879. The number of hydrogen-bond acceptors (Lipinski definition) is 18. The number of unbranched alkanes of at least 4 members (excludes halogenated alkanes) is 7. The van der Waals surface area contributed by atoms with Crippen LogP contribution < -0.4 is 19.9 Å². The zero-order valence-corrected chi connectivity index (χ0v) is 43.8. The third-order valence-corrected chi connectivity index (χ3v) is 14.1. The molecule has 0 bridgehead atoms. The van der Waals surface area contributed by atoms with Gasteiger partial charge >= 0.3 is 5.97 Å². The molecule has 6 aromatic rings. The van der Waals surface area contributed by atoms with Crippen molar-refractivity contribution in [3.8, 4) is 40.2 Å². The maximum Gasteiger partial charge on any atom is 0.365 e. The standard InChI is InChI=1S/C56H60N14O8/c1-37-34-66(55-61-31-41(32-62-55)44-20-19-43-52(75)56(2,3)69(53(43)63-44)35-40-15-13-24-58-45(40)29-57)26-27-68(37)51(74)33-59-47(71)17-10-8-6-4-5-7-9-11-25-67-36-46(64-65-67)38-14-12-16-42(28-38)77-48-21-18-39(30-60-48)54(76)78-70-49(72)22-23-50(70)73/h12-16,18-21,24,28,30-32,36-37H,4-11,17,22-23,25-27,33-35H2,1-3H3,(H,59,71)/t37-/m1/s1. The number of fused-ring (bicyclic) bond motifs is 1. The van der Waals surface area contributed by atoms with Crippen LogP contribution in [0.1, 0.15) is 123 Å². The normalized spacial score (nSPS) is 15.8. The van der Waals surface area contributed by atoms with E-state index >= 15 is 0 Å². The van der Waals surface area contributed by atoms with Crippen LogP contribution in [0.3, 0.4) is 0 Å². The molecule has 0 unspecified atom stereocenters. The topological polar surface area (TPSA) is 265 Å². The lowest BCUT2D eigenvalue weighted by Gasteiger charge is -2.39. The van der Waals surface area contributed by atoms with Crippen LogP contribution in [0.25, 0.3) is 22.5 Å². The SMILES string of the molecule is C[C@@H]1CN(c2ncc(-c3ccc4c(n3)N(Cc3cccnc3C#N)C(C)(C)C4=O)cn2)CCN1C(=O)CNC(=O)CCCCCCCCCCn1cc(-c2cccc(Oc3ccc(C(=O)ON4C(=O)CCC4=O)cn3)c2)nn1. The summed E-state index contributed by atoms with van der Waals surface area (Å²) in [6.45, 7) is 8.19. The highest BCUT2D eigenvalue weighted by atomic mass is 16.7. The summed E-state index contributed by atoms with van der Waals surface area (Å²) in [5.74, 6) is -0.498. The molecule has 3 aliphatic rings. The van der Waals surface area contributed by atoms with Gasteiger partial charge in [0.15, 0.2) is 5.78 Å². The molecule has 2 saturated heterocycles. The van der Waals surface area contributed by atoms with Crippen molar-refractivity contribution in [1.82, 2.24) is 55.2 Å². The zero-order valence-electron chi connectivity index (χ0n) is 43.8. The van der Waals surface area contributed by atoms with Crippen molar-refractivity contribution in [2.24, 2.45) is 0 Å². The summed E-state index contributed by atoms with van der Waals surface area (Å²) < 4.78 is 7.73. The van der Waals surface area contributed by atoms with Gasteiger partial charge in [0, 0.05) is 106 Å². The fourth-order valence-electron chi connectivity index (χ4n) is 9.66. The number of imide groups is 1. The maximum atomic E-state index is 13.5. The Morgan fingerprint density at radius 3 is 2.31 bits per heavy atom. The molecular formula is C56H60N14O8. The molecule has 22 nitrogen and oxygen atoms in total. The van der Waals surface area contributed by atoms with Crippen LogP contribution >= 0.6 is 0 Å². The molecule has 78 heavy (non-hydrogen) atoms. The maximum absolute atomic E-state index is 13.5. The lowest BCUT2D eigenvalue weighted by Crippen LogP contribution is -2.56. The number of anilines is 2. The van der Waals surface area contributed by atoms with Crippen LogP contribution in [0.15, 0.2) is 91.6 Å². The molecule has 22 heteroatoms. The van der Waals surface area contributed by atoms with Crippen LogP contribution in [0.2, 0.25) is 0 Å². The quantitative estimate of drug-likeness (QED) is 0.0540. The third kappa shape index (κ3) is 12.6. The summed E-state index contributed by atoms with van der Waals surface area (Å²) in [5.41, 5.74) is 3.49. The van der Waals surface area contributed by atoms with E-state index in [2.05, 4.69) is 41.6 Å². The number of carbonyl (C=O) groups excluding carboxylic acids is 6. The van der Waals surface area contributed by atoms with Crippen LogP contribution in [0.4, 0.5) is 11.8 Å². The number of ether oxygens (including phenoxy) is 1. The molecule has 9 rings (SSSR count). The molecule has 0 spiro atoms. The van der Waals surface area contributed by atoms with Gasteiger partial charge in [0.1, 0.15) is 29.0 Å². The lowest BCUT2D eigenvalue weighted by molar-refractivity contribution is -0.172. The molecule has 3 aliphatic heterocycles. The number of amides is 4. The van der Waals surface area contributed by atoms with Gasteiger partial charge in [-0.2, -0.15) is 5.26 Å². The molecule has 5 aromatic heterocycles. The number of Topliss-reactive ketones (excluding diaryl/α,β-unsaturated/α-hetero) is 1. The predicted molar refractivity (Wildman–Crippen MR) is 283 cm³/mol. The molecule has 1 aromatic carbocycles. The zero-order chi connectivity index (χ0) is 54.8. The molecule has 0 radical (unpaired) electrons. The number of benzene rings is 1. The molecule has 8 heterocycles. The predicted octanol–water partition coefficient (Wildman–Crippen LogP) is 6.82. The third-order valence-electron chi connectivity index (χ3n) is 14.1. The molecule has 1 N–H and O–H groups in total. The van der Waals surface area contributed by atoms with Gasteiger partial charge in [-0.15, -0.1) is 10.2 Å². The molecule has 402 valence electrons. The number of piperazine rings is 1. The van der Waals surface area contributed by atoms with E-state index in [1.54, 1.807) is 47.8 Å². The molecule has 0 saturated carbocycles. The highest BCUT2D eigenvalue weighted by Gasteiger charge is 2.45. The van der Waals surface area contributed by atoms with E-state index in [4.69, 9.17) is 14.6 Å². The summed E-state index contributed by atoms with van der Waals surface area (Å²) in [6, 6.07) is 19.4. The second-order valence-corrected chi connectivity index (χ2v) is 20.0. The van der Waals surface area contributed by atoms with Crippen molar-refractivity contribution < 1.29 is 38.3 Å². The van der Waals surface area contributed by atoms with Gasteiger partial charge in [0.25, 0.3) is 11.8 Å². The van der Waals surface area contributed by atoms with E-state index < -0.39 is 23.3 Å². The van der Waals surface area contributed by atoms with Crippen LogP contribution in [-0.4, -0.2) is 123 Å². The van der Waals surface area contributed by atoms with E-state index in [1.807, 2.05) is 65.7 Å². The Morgan fingerprint density at radius 2 is 1.58 bits per heavy atom. The smallest absolute Gasteiger partial charge is 0.365 e. The van der Waals surface area contributed by atoms with Crippen LogP contribution in [-0.2, 0) is 37.1 Å². The minimum Gasteiger partial charge on any atom is -0.439 e. The number of aryl methyl sites for hydroxylation is 1. The average molecular weight is 1060 g/mol. The van der Waals surface area contributed by atoms with E-state index in [0.29, 0.717) is 89.0 Å². The Bertz CT molecular complexity index is 3210. The summed E-state index contributed by atoms with van der Waals surface area (Å²) in [7, 11) is 0. The van der Waals surface area contributed by atoms with Gasteiger partial charge in [0.05, 0.1) is 35.1 Å². The second kappa shape index (κ2) is 24.3. The first-order valence-corrected chi connectivity index (χ1v) is 26.3. The number of nitriles is 1. The van der Waals surface area contributed by atoms with E-state index in [1.165, 1.54) is 18.3 Å².